The highest BCUT2D eigenvalue weighted by Crippen LogP contribution is 2.16. The van der Waals surface area contributed by atoms with Gasteiger partial charge in [-0.05, 0) is 42.9 Å². The van der Waals surface area contributed by atoms with Gasteiger partial charge in [-0.25, -0.2) is 0 Å². The number of thiocarbonyl (C=S) groups is 1. The Hall–Kier alpha value is -2.67. The minimum absolute atomic E-state index is 0.104. The Bertz CT molecular complexity index is 868. The lowest BCUT2D eigenvalue weighted by Gasteiger charge is -2.13. The summed E-state index contributed by atoms with van der Waals surface area (Å²) in [5.41, 5.74) is 0.982. The van der Waals surface area contributed by atoms with Crippen LogP contribution in [0.1, 0.15) is 100 Å². The quantitative estimate of drug-likeness (QED) is 0.181. The van der Waals surface area contributed by atoms with Gasteiger partial charge in [0.25, 0.3) is 5.91 Å². The number of rotatable bonds is 16. The molecule has 0 aliphatic carbocycles. The molecule has 6 nitrogen and oxygen atoms in total. The van der Waals surface area contributed by atoms with E-state index in [0.29, 0.717) is 30.0 Å². The third kappa shape index (κ3) is 11.5. The number of anilines is 1. The van der Waals surface area contributed by atoms with Crippen molar-refractivity contribution in [3.63, 3.8) is 0 Å². The first-order chi connectivity index (χ1) is 16.6. The van der Waals surface area contributed by atoms with Crippen LogP contribution in [0.3, 0.4) is 0 Å². The number of carbonyl (C=O) groups is 2. The number of unbranched alkanes of at least 4 members (excludes halogenated alkanes) is 10. The molecule has 0 radical (unpaired) electrons. The second kappa shape index (κ2) is 16.9. The Morgan fingerprint density at radius 1 is 0.853 bits per heavy atom. The van der Waals surface area contributed by atoms with Crippen molar-refractivity contribution in [3.8, 4) is 0 Å². The first-order valence-corrected chi connectivity index (χ1v) is 13.0. The van der Waals surface area contributed by atoms with Crippen LogP contribution in [0.25, 0.3) is 0 Å². The molecule has 2 rings (SSSR count). The number of benzene rings is 1. The van der Waals surface area contributed by atoms with E-state index in [4.69, 9.17) is 16.6 Å². The maximum absolute atomic E-state index is 12.6. The Balaban J connectivity index is 1.61. The Morgan fingerprint density at radius 3 is 2.15 bits per heavy atom. The highest BCUT2D eigenvalue weighted by molar-refractivity contribution is 7.80. The van der Waals surface area contributed by atoms with Gasteiger partial charge in [0, 0.05) is 6.42 Å². The van der Waals surface area contributed by atoms with E-state index >= 15 is 0 Å². The molecule has 0 atom stereocenters. The lowest BCUT2D eigenvalue weighted by atomic mass is 10.1. The molecular weight excluding hydrogens is 446 g/mol. The molecule has 1 aromatic carbocycles. The molecule has 3 N–H and O–H groups in total. The zero-order valence-electron chi connectivity index (χ0n) is 20.4. The number of hydrogen-bond acceptors (Lipinski definition) is 4. The van der Waals surface area contributed by atoms with Crippen LogP contribution in [0, 0.1) is 0 Å². The fourth-order valence-corrected chi connectivity index (χ4v) is 3.98. The van der Waals surface area contributed by atoms with Crippen LogP contribution in [-0.4, -0.2) is 16.9 Å². The highest BCUT2D eigenvalue weighted by atomic mass is 32.1. The summed E-state index contributed by atoms with van der Waals surface area (Å²) in [6, 6.07) is 10.6. The third-order valence-corrected chi connectivity index (χ3v) is 5.89. The van der Waals surface area contributed by atoms with E-state index in [1.807, 2.05) is 0 Å². The summed E-state index contributed by atoms with van der Waals surface area (Å²) in [4.78, 5) is 24.8. The molecule has 34 heavy (non-hydrogen) atoms. The van der Waals surface area contributed by atoms with Crippen LogP contribution in [0.15, 0.2) is 47.1 Å². The maximum atomic E-state index is 12.6. The van der Waals surface area contributed by atoms with Crippen molar-refractivity contribution in [1.82, 2.24) is 10.6 Å². The van der Waals surface area contributed by atoms with Crippen LogP contribution in [0.2, 0.25) is 0 Å². The van der Waals surface area contributed by atoms with Gasteiger partial charge in [-0.1, -0.05) is 83.3 Å². The first kappa shape index (κ1) is 27.6. The van der Waals surface area contributed by atoms with Gasteiger partial charge in [-0.3, -0.25) is 9.59 Å². The molecular formula is C27H39N3O3S. The lowest BCUT2D eigenvalue weighted by Crippen LogP contribution is -2.34. The zero-order valence-corrected chi connectivity index (χ0v) is 21.2. The van der Waals surface area contributed by atoms with E-state index in [2.05, 4.69) is 22.9 Å². The fourth-order valence-electron chi connectivity index (χ4n) is 3.76. The van der Waals surface area contributed by atoms with Crippen LogP contribution in [-0.2, 0) is 11.3 Å². The fraction of sp³-hybridized carbons (Fsp3) is 0.519. The molecule has 0 saturated heterocycles. The van der Waals surface area contributed by atoms with E-state index in [1.54, 1.807) is 42.7 Å². The predicted molar refractivity (Wildman–Crippen MR) is 142 cm³/mol. The summed E-state index contributed by atoms with van der Waals surface area (Å²) in [6.07, 6.45) is 15.7. The van der Waals surface area contributed by atoms with Crippen LogP contribution < -0.4 is 16.0 Å². The van der Waals surface area contributed by atoms with Gasteiger partial charge in [0.15, 0.2) is 5.11 Å². The summed E-state index contributed by atoms with van der Waals surface area (Å²) in [5.74, 6) is 0.312. The van der Waals surface area contributed by atoms with Gasteiger partial charge in [0.05, 0.1) is 24.1 Å². The molecule has 0 spiro atoms. The average Bonchev–Trinajstić information content (AvgIpc) is 3.35. The van der Waals surface area contributed by atoms with Gasteiger partial charge < -0.3 is 20.4 Å². The second-order valence-corrected chi connectivity index (χ2v) is 9.00. The molecule has 0 unspecified atom stereocenters. The van der Waals surface area contributed by atoms with Crippen LogP contribution >= 0.6 is 12.2 Å². The smallest absolute Gasteiger partial charge is 0.253 e. The summed E-state index contributed by atoms with van der Waals surface area (Å²) in [5, 5.41) is 8.70. The minimum atomic E-state index is -0.255. The van der Waals surface area contributed by atoms with Crippen LogP contribution in [0.5, 0.6) is 0 Å². The highest BCUT2D eigenvalue weighted by Gasteiger charge is 2.13. The molecule has 1 heterocycles. The molecule has 186 valence electrons. The molecule has 0 fully saturated rings. The molecule has 0 bridgehead atoms. The van der Waals surface area contributed by atoms with Gasteiger partial charge in [-0.15, -0.1) is 0 Å². The lowest BCUT2D eigenvalue weighted by molar-refractivity contribution is -0.119. The van der Waals surface area contributed by atoms with Crippen LogP contribution in [0.4, 0.5) is 5.69 Å². The van der Waals surface area contributed by atoms with E-state index in [0.717, 1.165) is 12.8 Å². The molecule has 7 heteroatoms. The van der Waals surface area contributed by atoms with Gasteiger partial charge in [0.1, 0.15) is 5.76 Å². The second-order valence-electron chi connectivity index (χ2n) is 8.60. The van der Waals surface area contributed by atoms with Crippen molar-refractivity contribution in [2.45, 2.75) is 90.5 Å². The summed E-state index contributed by atoms with van der Waals surface area (Å²) in [7, 11) is 0. The van der Waals surface area contributed by atoms with Crippen molar-refractivity contribution in [2.75, 3.05) is 5.32 Å². The number of amides is 2. The topological polar surface area (TPSA) is 83.4 Å². The molecule has 0 saturated carbocycles. The van der Waals surface area contributed by atoms with E-state index in [9.17, 15) is 9.59 Å². The molecule has 2 amide bonds. The molecule has 0 aliphatic heterocycles. The third-order valence-electron chi connectivity index (χ3n) is 5.68. The Morgan fingerprint density at radius 2 is 1.50 bits per heavy atom. The van der Waals surface area contributed by atoms with Gasteiger partial charge in [-0.2, -0.15) is 0 Å². The largest absolute Gasteiger partial charge is 0.467 e. The van der Waals surface area contributed by atoms with Crippen molar-refractivity contribution >= 4 is 34.8 Å². The normalized spacial score (nSPS) is 10.6. The zero-order chi connectivity index (χ0) is 24.4. The molecule has 0 aliphatic rings. The van der Waals surface area contributed by atoms with Crippen molar-refractivity contribution < 1.29 is 14.0 Å². The summed E-state index contributed by atoms with van der Waals surface area (Å²) < 4.78 is 5.24. The number of hydrogen-bond donors (Lipinski definition) is 3. The minimum Gasteiger partial charge on any atom is -0.467 e. The van der Waals surface area contributed by atoms with Crippen molar-refractivity contribution in [2.24, 2.45) is 0 Å². The predicted octanol–water partition coefficient (Wildman–Crippen LogP) is 6.72. The number of furan rings is 1. The molecule has 2 aromatic rings. The maximum Gasteiger partial charge on any atom is 0.253 e. The van der Waals surface area contributed by atoms with Crippen molar-refractivity contribution in [1.29, 1.82) is 0 Å². The average molecular weight is 486 g/mol. The summed E-state index contributed by atoms with van der Waals surface area (Å²) >= 11 is 5.29. The summed E-state index contributed by atoms with van der Waals surface area (Å²) in [6.45, 7) is 2.54. The van der Waals surface area contributed by atoms with E-state index < -0.39 is 0 Å². The standard InChI is InChI=1S/C27H39N3O3S/c1-2-3-4-5-6-7-8-9-10-11-12-19-25(31)30-27(34)29-24-18-14-13-17-23(24)26(32)28-21-22-16-15-20-33-22/h13-18,20H,2-12,19,21H2,1H3,(H,28,32)(H2,29,30,31,34). The monoisotopic (exact) mass is 485 g/mol. The first-order valence-electron chi connectivity index (χ1n) is 12.6. The number of nitrogens with one attached hydrogen (secondary N) is 3. The number of carbonyl (C=O) groups excluding carboxylic acids is 2. The van der Waals surface area contributed by atoms with Gasteiger partial charge >= 0.3 is 0 Å². The Labute approximate surface area is 209 Å². The van der Waals surface area contributed by atoms with E-state index in [1.165, 1.54) is 57.8 Å². The van der Waals surface area contributed by atoms with E-state index in [-0.39, 0.29) is 16.9 Å². The SMILES string of the molecule is CCCCCCCCCCCCCC(=O)NC(=S)Nc1ccccc1C(=O)NCc1ccco1. The molecule has 1 aromatic heterocycles. The Kier molecular flexibility index (Phi) is 13.7. The number of para-hydroxylation sites is 1. The van der Waals surface area contributed by atoms with Crippen molar-refractivity contribution in [3.05, 3.63) is 54.0 Å². The van der Waals surface area contributed by atoms with Gasteiger partial charge in [0.2, 0.25) is 5.91 Å².